The van der Waals surface area contributed by atoms with E-state index in [0.29, 0.717) is 0 Å². The molecular formula is C31H21BrO. The van der Waals surface area contributed by atoms with Crippen LogP contribution in [0.3, 0.4) is 0 Å². The van der Waals surface area contributed by atoms with Crippen molar-refractivity contribution in [1.82, 2.24) is 0 Å². The molecule has 0 saturated carbocycles. The summed E-state index contributed by atoms with van der Waals surface area (Å²) in [6.45, 7) is 0. The summed E-state index contributed by atoms with van der Waals surface area (Å²) in [5.41, 5.74) is 9.22. The lowest BCUT2D eigenvalue weighted by molar-refractivity contribution is 0.475. The smallest absolute Gasteiger partial charge is 0.115 e. The van der Waals surface area contributed by atoms with Gasteiger partial charge in [-0.2, -0.15) is 0 Å². The predicted molar refractivity (Wildman–Crippen MR) is 139 cm³/mol. The molecule has 0 saturated heterocycles. The number of hydrogen-bond acceptors (Lipinski definition) is 1. The maximum atomic E-state index is 10.1. The molecule has 5 aromatic carbocycles. The van der Waals surface area contributed by atoms with Crippen molar-refractivity contribution in [2.75, 3.05) is 0 Å². The van der Waals surface area contributed by atoms with Gasteiger partial charge in [-0.15, -0.1) is 0 Å². The van der Waals surface area contributed by atoms with Crippen molar-refractivity contribution >= 4 is 15.9 Å². The molecule has 1 aliphatic carbocycles. The van der Waals surface area contributed by atoms with Crippen LogP contribution in [0.4, 0.5) is 0 Å². The Bertz CT molecular complexity index is 1470. The Hall–Kier alpha value is -3.62. The molecule has 158 valence electrons. The second-order valence-corrected chi connectivity index (χ2v) is 9.36. The first kappa shape index (κ1) is 20.0. The van der Waals surface area contributed by atoms with Gasteiger partial charge < -0.3 is 5.11 Å². The van der Waals surface area contributed by atoms with Gasteiger partial charge in [-0.3, -0.25) is 0 Å². The highest BCUT2D eigenvalue weighted by Crippen LogP contribution is 2.58. The number of fused-ring (bicyclic) bond motifs is 3. The van der Waals surface area contributed by atoms with E-state index in [0.717, 1.165) is 10.0 Å². The van der Waals surface area contributed by atoms with Crippen LogP contribution in [-0.4, -0.2) is 5.11 Å². The number of hydrogen-bond donors (Lipinski definition) is 1. The number of halogens is 1. The molecule has 0 fully saturated rings. The number of aromatic hydroxyl groups is 1. The monoisotopic (exact) mass is 488 g/mol. The van der Waals surface area contributed by atoms with Crippen LogP contribution in [0.5, 0.6) is 5.75 Å². The first-order valence-electron chi connectivity index (χ1n) is 11.0. The molecule has 1 aliphatic rings. The lowest BCUT2D eigenvalue weighted by atomic mass is 9.66. The van der Waals surface area contributed by atoms with E-state index < -0.39 is 5.41 Å². The number of phenols is 1. The lowest BCUT2D eigenvalue weighted by Crippen LogP contribution is -2.29. The van der Waals surface area contributed by atoms with Crippen molar-refractivity contribution in [1.29, 1.82) is 0 Å². The van der Waals surface area contributed by atoms with Gasteiger partial charge in [0.15, 0.2) is 0 Å². The van der Waals surface area contributed by atoms with Gasteiger partial charge in [0.05, 0.1) is 5.41 Å². The van der Waals surface area contributed by atoms with E-state index in [2.05, 4.69) is 125 Å². The van der Waals surface area contributed by atoms with Crippen molar-refractivity contribution in [3.05, 3.63) is 148 Å². The summed E-state index contributed by atoms with van der Waals surface area (Å²) in [7, 11) is 0. The Morgan fingerprint density at radius 3 is 1.82 bits per heavy atom. The lowest BCUT2D eigenvalue weighted by Gasteiger charge is -2.35. The molecule has 0 radical (unpaired) electrons. The fourth-order valence-corrected chi connectivity index (χ4v) is 5.76. The Morgan fingerprint density at radius 2 is 1.09 bits per heavy atom. The fraction of sp³-hybridized carbons (Fsp3) is 0.0323. The van der Waals surface area contributed by atoms with E-state index in [4.69, 9.17) is 0 Å². The third-order valence-corrected chi connectivity index (χ3v) is 7.22. The van der Waals surface area contributed by atoms with Gasteiger partial charge in [0, 0.05) is 4.47 Å². The van der Waals surface area contributed by atoms with E-state index in [1.54, 1.807) is 12.1 Å². The number of rotatable bonds is 3. The van der Waals surface area contributed by atoms with Gasteiger partial charge in [0.1, 0.15) is 5.75 Å². The molecule has 0 aromatic heterocycles. The maximum Gasteiger partial charge on any atom is 0.115 e. The molecule has 33 heavy (non-hydrogen) atoms. The summed E-state index contributed by atoms with van der Waals surface area (Å²) in [6, 6.07) is 42.3. The largest absolute Gasteiger partial charge is 0.508 e. The molecule has 0 heterocycles. The minimum absolute atomic E-state index is 0.269. The first-order valence-corrected chi connectivity index (χ1v) is 11.8. The maximum absolute atomic E-state index is 10.1. The van der Waals surface area contributed by atoms with Gasteiger partial charge >= 0.3 is 0 Å². The molecule has 0 bridgehead atoms. The van der Waals surface area contributed by atoms with Gasteiger partial charge in [-0.25, -0.2) is 0 Å². The predicted octanol–water partition coefficient (Wildman–Crippen LogP) is 8.18. The highest BCUT2D eigenvalue weighted by molar-refractivity contribution is 9.10. The molecule has 5 aromatic rings. The highest BCUT2D eigenvalue weighted by atomic mass is 79.9. The normalized spacial score (nSPS) is 16.3. The van der Waals surface area contributed by atoms with Crippen LogP contribution in [0.2, 0.25) is 0 Å². The topological polar surface area (TPSA) is 20.2 Å². The zero-order chi connectivity index (χ0) is 22.4. The highest BCUT2D eigenvalue weighted by Gasteiger charge is 2.47. The van der Waals surface area contributed by atoms with Crippen LogP contribution in [0, 0.1) is 0 Å². The Kier molecular flexibility index (Phi) is 4.70. The van der Waals surface area contributed by atoms with Gasteiger partial charge in [-0.1, -0.05) is 113 Å². The van der Waals surface area contributed by atoms with Crippen molar-refractivity contribution in [2.24, 2.45) is 0 Å². The van der Waals surface area contributed by atoms with Crippen LogP contribution in [0.1, 0.15) is 22.3 Å². The summed E-state index contributed by atoms with van der Waals surface area (Å²) in [5, 5.41) is 10.1. The average Bonchev–Trinajstić information content (AvgIpc) is 3.15. The molecule has 1 nitrogen and oxygen atoms in total. The van der Waals surface area contributed by atoms with Crippen LogP contribution in [-0.2, 0) is 5.41 Å². The SMILES string of the molecule is Oc1ccc(C2(c3ccccc3-c3ccccc3)c3ccccc3-c3ccc(Br)cc32)cc1. The third kappa shape index (κ3) is 2.98. The van der Waals surface area contributed by atoms with Crippen LogP contribution >= 0.6 is 15.9 Å². The molecular weight excluding hydrogens is 468 g/mol. The standard InChI is InChI=1S/C31H21BrO/c32-23-16-19-27-26-11-5-7-13-29(26)31(30(27)20-23,22-14-17-24(33)18-15-22)28-12-6-4-10-25(28)21-8-2-1-3-9-21/h1-20,33H. The zero-order valence-electron chi connectivity index (χ0n) is 17.9. The van der Waals surface area contributed by atoms with E-state index in [1.165, 1.54) is 38.9 Å². The van der Waals surface area contributed by atoms with Crippen molar-refractivity contribution < 1.29 is 5.11 Å². The van der Waals surface area contributed by atoms with Crippen molar-refractivity contribution in [3.8, 4) is 28.0 Å². The van der Waals surface area contributed by atoms with Crippen molar-refractivity contribution in [2.45, 2.75) is 5.41 Å². The second kappa shape index (κ2) is 7.75. The minimum atomic E-state index is -0.518. The van der Waals surface area contributed by atoms with Crippen LogP contribution in [0.25, 0.3) is 22.3 Å². The summed E-state index contributed by atoms with van der Waals surface area (Å²) < 4.78 is 1.05. The van der Waals surface area contributed by atoms with Gasteiger partial charge in [-0.05, 0) is 68.8 Å². The Balaban J connectivity index is 1.80. The molecule has 1 atom stereocenters. The van der Waals surface area contributed by atoms with Gasteiger partial charge in [0.25, 0.3) is 0 Å². The third-order valence-electron chi connectivity index (χ3n) is 6.72. The average molecular weight is 489 g/mol. The molecule has 0 amide bonds. The molecule has 2 heteroatoms. The van der Waals surface area contributed by atoms with Crippen molar-refractivity contribution in [3.63, 3.8) is 0 Å². The molecule has 1 N–H and O–H groups in total. The van der Waals surface area contributed by atoms with E-state index in [9.17, 15) is 5.11 Å². The van der Waals surface area contributed by atoms with Crippen LogP contribution < -0.4 is 0 Å². The summed E-state index contributed by atoms with van der Waals surface area (Å²) in [4.78, 5) is 0. The zero-order valence-corrected chi connectivity index (χ0v) is 19.5. The quantitative estimate of drug-likeness (QED) is 0.266. The van der Waals surface area contributed by atoms with E-state index in [1.807, 2.05) is 0 Å². The number of benzene rings is 5. The molecule has 6 rings (SSSR count). The minimum Gasteiger partial charge on any atom is -0.508 e. The van der Waals surface area contributed by atoms with Gasteiger partial charge in [0.2, 0.25) is 0 Å². The summed E-state index contributed by atoms with van der Waals surface area (Å²) in [5.74, 6) is 0.269. The summed E-state index contributed by atoms with van der Waals surface area (Å²) >= 11 is 3.74. The van der Waals surface area contributed by atoms with E-state index >= 15 is 0 Å². The molecule has 0 spiro atoms. The Labute approximate surface area is 202 Å². The van der Waals surface area contributed by atoms with Crippen LogP contribution in [0.15, 0.2) is 126 Å². The Morgan fingerprint density at radius 1 is 0.515 bits per heavy atom. The first-order chi connectivity index (χ1) is 16.2. The molecule has 1 unspecified atom stereocenters. The fourth-order valence-electron chi connectivity index (χ4n) is 5.40. The van der Waals surface area contributed by atoms with E-state index in [-0.39, 0.29) is 5.75 Å². The molecule has 0 aliphatic heterocycles. The summed E-state index contributed by atoms with van der Waals surface area (Å²) in [6.07, 6.45) is 0. The number of phenolic OH excluding ortho intramolecular Hbond substituents is 1. The second-order valence-electron chi connectivity index (χ2n) is 8.44.